The van der Waals surface area contributed by atoms with Gasteiger partial charge in [-0.15, -0.1) is 0 Å². The summed E-state index contributed by atoms with van der Waals surface area (Å²) in [5.41, 5.74) is 5.66. The van der Waals surface area contributed by atoms with Crippen LogP contribution in [0.2, 0.25) is 0 Å². The molecular weight excluding hydrogens is 244 g/mol. The lowest BCUT2D eigenvalue weighted by atomic mass is 10.3. The SMILES string of the molecule is COc1nc(N)nc(N2CCN(CC3CC3)CC2)n1. The van der Waals surface area contributed by atoms with Crippen LogP contribution in [-0.4, -0.2) is 59.7 Å². The molecule has 19 heavy (non-hydrogen) atoms. The van der Waals surface area contributed by atoms with Crippen LogP contribution in [0.1, 0.15) is 12.8 Å². The Morgan fingerprint density at radius 3 is 2.53 bits per heavy atom. The molecule has 0 atom stereocenters. The first-order chi connectivity index (χ1) is 9.24. The maximum absolute atomic E-state index is 5.66. The summed E-state index contributed by atoms with van der Waals surface area (Å²) in [4.78, 5) is 17.0. The maximum Gasteiger partial charge on any atom is 0.322 e. The Morgan fingerprint density at radius 2 is 1.89 bits per heavy atom. The normalized spacial score (nSPS) is 20.6. The van der Waals surface area contributed by atoms with Crippen LogP contribution in [0.15, 0.2) is 0 Å². The lowest BCUT2D eigenvalue weighted by Gasteiger charge is -2.34. The Labute approximate surface area is 112 Å². The molecule has 1 saturated heterocycles. The molecule has 0 amide bonds. The van der Waals surface area contributed by atoms with Crippen molar-refractivity contribution in [1.29, 1.82) is 0 Å². The number of hydrogen-bond acceptors (Lipinski definition) is 7. The molecule has 0 bridgehead atoms. The molecule has 1 aromatic rings. The zero-order valence-corrected chi connectivity index (χ0v) is 11.2. The van der Waals surface area contributed by atoms with E-state index >= 15 is 0 Å². The van der Waals surface area contributed by atoms with Gasteiger partial charge >= 0.3 is 6.01 Å². The Morgan fingerprint density at radius 1 is 1.16 bits per heavy atom. The number of ether oxygens (including phenoxy) is 1. The smallest absolute Gasteiger partial charge is 0.322 e. The number of nitrogens with two attached hydrogens (primary N) is 1. The highest BCUT2D eigenvalue weighted by Crippen LogP contribution is 2.30. The van der Waals surface area contributed by atoms with Crippen LogP contribution in [0.4, 0.5) is 11.9 Å². The van der Waals surface area contributed by atoms with Crippen LogP contribution in [-0.2, 0) is 0 Å². The minimum absolute atomic E-state index is 0.210. The van der Waals surface area contributed by atoms with E-state index in [4.69, 9.17) is 10.5 Å². The van der Waals surface area contributed by atoms with Crippen molar-refractivity contribution in [1.82, 2.24) is 19.9 Å². The minimum Gasteiger partial charge on any atom is -0.467 e. The Kier molecular flexibility index (Phi) is 3.37. The van der Waals surface area contributed by atoms with Gasteiger partial charge in [0.25, 0.3) is 0 Å². The first-order valence-electron chi connectivity index (χ1n) is 6.77. The van der Waals surface area contributed by atoms with E-state index in [2.05, 4.69) is 24.8 Å². The predicted molar refractivity (Wildman–Crippen MR) is 72.2 cm³/mol. The van der Waals surface area contributed by atoms with Gasteiger partial charge in [0.1, 0.15) is 0 Å². The molecule has 2 fully saturated rings. The van der Waals surface area contributed by atoms with Gasteiger partial charge in [-0.2, -0.15) is 15.0 Å². The highest BCUT2D eigenvalue weighted by atomic mass is 16.5. The van der Waals surface area contributed by atoms with E-state index in [1.807, 2.05) is 0 Å². The molecule has 7 heteroatoms. The zero-order valence-electron chi connectivity index (χ0n) is 11.2. The van der Waals surface area contributed by atoms with E-state index in [0.29, 0.717) is 5.95 Å². The van der Waals surface area contributed by atoms with Crippen molar-refractivity contribution in [3.8, 4) is 6.01 Å². The van der Waals surface area contributed by atoms with Gasteiger partial charge in [0.15, 0.2) is 0 Å². The molecule has 0 unspecified atom stereocenters. The topological polar surface area (TPSA) is 80.4 Å². The van der Waals surface area contributed by atoms with E-state index in [-0.39, 0.29) is 12.0 Å². The third kappa shape index (κ3) is 3.04. The van der Waals surface area contributed by atoms with Gasteiger partial charge in [0, 0.05) is 32.7 Å². The van der Waals surface area contributed by atoms with E-state index in [1.54, 1.807) is 0 Å². The van der Waals surface area contributed by atoms with Crippen LogP contribution >= 0.6 is 0 Å². The van der Waals surface area contributed by atoms with Gasteiger partial charge in [-0.3, -0.25) is 4.90 Å². The highest BCUT2D eigenvalue weighted by Gasteiger charge is 2.27. The number of aromatic nitrogens is 3. The van der Waals surface area contributed by atoms with Gasteiger partial charge in [-0.25, -0.2) is 0 Å². The molecule has 0 radical (unpaired) electrons. The summed E-state index contributed by atoms with van der Waals surface area (Å²) in [7, 11) is 1.53. The van der Waals surface area contributed by atoms with Crippen LogP contribution in [0, 0.1) is 5.92 Å². The summed E-state index contributed by atoms with van der Waals surface area (Å²) in [5, 5.41) is 0. The fourth-order valence-corrected chi connectivity index (χ4v) is 2.39. The maximum atomic E-state index is 5.66. The number of piperazine rings is 1. The molecule has 0 spiro atoms. The molecular formula is C12H20N6O. The second kappa shape index (κ2) is 5.16. The number of methoxy groups -OCH3 is 1. The molecule has 0 aromatic carbocycles. The summed E-state index contributed by atoms with van der Waals surface area (Å²) < 4.78 is 5.03. The first-order valence-corrected chi connectivity index (χ1v) is 6.77. The Balaban J connectivity index is 1.62. The molecule has 1 aliphatic carbocycles. The predicted octanol–water partition coefficient (Wildman–Crippen LogP) is -0.00560. The van der Waals surface area contributed by atoms with Crippen molar-refractivity contribution < 1.29 is 4.74 Å². The molecule has 1 aromatic heterocycles. The zero-order chi connectivity index (χ0) is 13.2. The van der Waals surface area contributed by atoms with Crippen molar-refractivity contribution in [3.05, 3.63) is 0 Å². The Hall–Kier alpha value is -1.63. The highest BCUT2D eigenvalue weighted by molar-refractivity contribution is 5.36. The summed E-state index contributed by atoms with van der Waals surface area (Å²) in [6, 6.07) is 0.280. The quantitative estimate of drug-likeness (QED) is 0.819. The lowest BCUT2D eigenvalue weighted by Crippen LogP contribution is -2.47. The van der Waals surface area contributed by atoms with Gasteiger partial charge in [-0.05, 0) is 18.8 Å². The largest absolute Gasteiger partial charge is 0.467 e. The summed E-state index contributed by atoms with van der Waals surface area (Å²) in [5.74, 6) is 1.78. The standard InChI is InChI=1S/C12H20N6O/c1-19-12-15-10(13)14-11(16-12)18-6-4-17(5-7-18)8-9-2-3-9/h9H,2-8H2,1H3,(H2,13,14,15,16). The van der Waals surface area contributed by atoms with Gasteiger partial charge in [0.2, 0.25) is 11.9 Å². The van der Waals surface area contributed by atoms with Crippen LogP contribution < -0.4 is 15.4 Å². The summed E-state index contributed by atoms with van der Waals surface area (Å²) in [6.07, 6.45) is 2.81. The molecule has 7 nitrogen and oxygen atoms in total. The molecule has 2 N–H and O–H groups in total. The van der Waals surface area contributed by atoms with Crippen molar-refractivity contribution in [2.24, 2.45) is 5.92 Å². The summed E-state index contributed by atoms with van der Waals surface area (Å²) >= 11 is 0. The average molecular weight is 264 g/mol. The molecule has 2 aliphatic rings. The molecule has 1 saturated carbocycles. The van der Waals surface area contributed by atoms with E-state index in [9.17, 15) is 0 Å². The van der Waals surface area contributed by atoms with Crippen LogP contribution in [0.25, 0.3) is 0 Å². The van der Waals surface area contributed by atoms with E-state index in [0.717, 1.165) is 32.1 Å². The number of hydrogen-bond donors (Lipinski definition) is 1. The third-order valence-corrected chi connectivity index (χ3v) is 3.67. The monoisotopic (exact) mass is 264 g/mol. The van der Waals surface area contributed by atoms with Gasteiger partial charge < -0.3 is 15.4 Å². The fourth-order valence-electron chi connectivity index (χ4n) is 2.39. The third-order valence-electron chi connectivity index (χ3n) is 3.67. The number of anilines is 2. The average Bonchev–Trinajstić information content (AvgIpc) is 3.23. The second-order valence-electron chi connectivity index (χ2n) is 5.21. The number of nitrogens with zero attached hydrogens (tertiary/aromatic N) is 5. The molecule has 1 aliphatic heterocycles. The van der Waals surface area contributed by atoms with Crippen molar-refractivity contribution in [3.63, 3.8) is 0 Å². The van der Waals surface area contributed by atoms with Crippen LogP contribution in [0.5, 0.6) is 6.01 Å². The summed E-state index contributed by atoms with van der Waals surface area (Å²) in [6.45, 7) is 5.23. The number of rotatable bonds is 4. The van der Waals surface area contributed by atoms with E-state index in [1.165, 1.54) is 26.5 Å². The lowest BCUT2D eigenvalue weighted by molar-refractivity contribution is 0.246. The fraction of sp³-hybridized carbons (Fsp3) is 0.750. The van der Waals surface area contributed by atoms with Gasteiger partial charge in [-0.1, -0.05) is 0 Å². The minimum atomic E-state index is 0.210. The Bertz CT molecular complexity index is 442. The molecule has 2 heterocycles. The van der Waals surface area contributed by atoms with E-state index < -0.39 is 0 Å². The van der Waals surface area contributed by atoms with Crippen molar-refractivity contribution in [2.75, 3.05) is 50.5 Å². The van der Waals surface area contributed by atoms with Crippen molar-refractivity contribution >= 4 is 11.9 Å². The molecule has 104 valence electrons. The van der Waals surface area contributed by atoms with Crippen LogP contribution in [0.3, 0.4) is 0 Å². The van der Waals surface area contributed by atoms with Crippen molar-refractivity contribution in [2.45, 2.75) is 12.8 Å². The van der Waals surface area contributed by atoms with Gasteiger partial charge in [0.05, 0.1) is 7.11 Å². The number of nitrogen functional groups attached to an aromatic ring is 1. The molecule has 3 rings (SSSR count). The second-order valence-corrected chi connectivity index (χ2v) is 5.21. The first kappa shape index (κ1) is 12.4.